The molecule has 124 valence electrons. The van der Waals surface area contributed by atoms with E-state index in [1.807, 2.05) is 18.2 Å². The number of nitrogens with zero attached hydrogens (tertiary/aromatic N) is 2. The lowest BCUT2D eigenvalue weighted by Gasteiger charge is -2.19. The van der Waals surface area contributed by atoms with Gasteiger partial charge in [0.25, 0.3) is 0 Å². The second-order valence-electron chi connectivity index (χ2n) is 5.92. The van der Waals surface area contributed by atoms with Crippen LogP contribution in [0.4, 0.5) is 0 Å². The normalized spacial score (nSPS) is 12.3. The summed E-state index contributed by atoms with van der Waals surface area (Å²) in [6.07, 6.45) is 1.78. The molecule has 4 heteroatoms. The maximum Gasteiger partial charge on any atom is 0.169 e. The van der Waals surface area contributed by atoms with E-state index in [2.05, 4.69) is 59.8 Å². The van der Waals surface area contributed by atoms with Crippen molar-refractivity contribution in [2.24, 2.45) is 0 Å². The molecular formula is C20H22N2OS. The zero-order valence-corrected chi connectivity index (χ0v) is 14.8. The van der Waals surface area contributed by atoms with Crippen LogP contribution < -0.4 is 0 Å². The summed E-state index contributed by atoms with van der Waals surface area (Å²) in [5.74, 6) is 0.866. The van der Waals surface area contributed by atoms with Gasteiger partial charge in [-0.25, -0.2) is 4.98 Å². The van der Waals surface area contributed by atoms with Gasteiger partial charge in [0.1, 0.15) is 0 Å². The predicted molar refractivity (Wildman–Crippen MR) is 99.1 cm³/mol. The highest BCUT2D eigenvalue weighted by molar-refractivity contribution is 7.98. The van der Waals surface area contributed by atoms with Gasteiger partial charge in [0.05, 0.1) is 24.5 Å². The number of rotatable bonds is 6. The monoisotopic (exact) mass is 338 g/mol. The molecule has 0 unspecified atom stereocenters. The second kappa shape index (κ2) is 7.69. The zero-order chi connectivity index (χ0) is 16.9. The van der Waals surface area contributed by atoms with Crippen molar-refractivity contribution in [2.75, 3.05) is 0 Å². The first-order chi connectivity index (χ1) is 11.7. The van der Waals surface area contributed by atoms with Gasteiger partial charge < -0.3 is 9.67 Å². The summed E-state index contributed by atoms with van der Waals surface area (Å²) in [6.45, 7) is 4.25. The van der Waals surface area contributed by atoms with E-state index in [1.165, 1.54) is 16.7 Å². The number of imidazole rings is 1. The molecule has 0 spiro atoms. The summed E-state index contributed by atoms with van der Waals surface area (Å²) in [5.41, 5.74) is 4.61. The smallest absolute Gasteiger partial charge is 0.169 e. The number of aromatic nitrogens is 2. The summed E-state index contributed by atoms with van der Waals surface area (Å²) >= 11 is 1.71. The van der Waals surface area contributed by atoms with Crippen molar-refractivity contribution in [2.45, 2.75) is 37.4 Å². The molecule has 0 saturated heterocycles. The van der Waals surface area contributed by atoms with E-state index in [1.54, 1.807) is 18.0 Å². The van der Waals surface area contributed by atoms with Gasteiger partial charge in [-0.15, -0.1) is 0 Å². The van der Waals surface area contributed by atoms with Crippen LogP contribution in [0.1, 0.15) is 35.3 Å². The van der Waals surface area contributed by atoms with Crippen LogP contribution in [-0.2, 0) is 12.4 Å². The molecule has 1 heterocycles. The van der Waals surface area contributed by atoms with Crippen molar-refractivity contribution in [1.82, 2.24) is 9.55 Å². The molecule has 1 atom stereocenters. The van der Waals surface area contributed by atoms with Crippen LogP contribution in [-0.4, -0.2) is 14.7 Å². The highest BCUT2D eigenvalue weighted by Crippen LogP contribution is 2.29. The SMILES string of the molecule is Cc1cccc(CSc2ncc(CO)n2[C@@H](C)c2ccccc2)c1. The third-order valence-electron chi connectivity index (χ3n) is 4.12. The Kier molecular flexibility index (Phi) is 5.38. The number of aliphatic hydroxyl groups is 1. The van der Waals surface area contributed by atoms with Crippen molar-refractivity contribution in [3.05, 3.63) is 83.2 Å². The highest BCUT2D eigenvalue weighted by Gasteiger charge is 2.17. The van der Waals surface area contributed by atoms with E-state index < -0.39 is 0 Å². The van der Waals surface area contributed by atoms with Crippen LogP contribution in [0.5, 0.6) is 0 Å². The van der Waals surface area contributed by atoms with E-state index in [4.69, 9.17) is 0 Å². The van der Waals surface area contributed by atoms with Gasteiger partial charge in [-0.2, -0.15) is 0 Å². The summed E-state index contributed by atoms with van der Waals surface area (Å²) in [7, 11) is 0. The number of thioether (sulfide) groups is 1. The number of aliphatic hydroxyl groups excluding tert-OH is 1. The second-order valence-corrected chi connectivity index (χ2v) is 6.87. The number of hydrogen-bond donors (Lipinski definition) is 1. The maximum absolute atomic E-state index is 9.68. The van der Waals surface area contributed by atoms with Crippen LogP contribution in [0, 0.1) is 6.92 Å². The lowest BCUT2D eigenvalue weighted by atomic mass is 10.1. The molecule has 0 radical (unpaired) electrons. The molecular weight excluding hydrogens is 316 g/mol. The Morgan fingerprint density at radius 1 is 1.12 bits per heavy atom. The van der Waals surface area contributed by atoms with E-state index in [0.717, 1.165) is 16.6 Å². The highest BCUT2D eigenvalue weighted by atomic mass is 32.2. The third kappa shape index (κ3) is 3.71. The maximum atomic E-state index is 9.68. The van der Waals surface area contributed by atoms with Crippen molar-refractivity contribution in [3.63, 3.8) is 0 Å². The fourth-order valence-corrected chi connectivity index (χ4v) is 3.86. The topological polar surface area (TPSA) is 38.1 Å². The van der Waals surface area contributed by atoms with E-state index >= 15 is 0 Å². The van der Waals surface area contributed by atoms with Crippen LogP contribution in [0.25, 0.3) is 0 Å². The molecule has 0 aliphatic carbocycles. The van der Waals surface area contributed by atoms with Crippen LogP contribution in [0.2, 0.25) is 0 Å². The Morgan fingerprint density at radius 3 is 2.62 bits per heavy atom. The van der Waals surface area contributed by atoms with Gasteiger partial charge in [-0.1, -0.05) is 71.9 Å². The average molecular weight is 338 g/mol. The quantitative estimate of drug-likeness (QED) is 0.668. The number of hydrogen-bond acceptors (Lipinski definition) is 3. The molecule has 1 aromatic heterocycles. The molecule has 3 rings (SSSR count). The Morgan fingerprint density at radius 2 is 1.92 bits per heavy atom. The molecule has 0 aliphatic rings. The first-order valence-corrected chi connectivity index (χ1v) is 9.08. The first kappa shape index (κ1) is 16.8. The predicted octanol–water partition coefficient (Wildman–Crippen LogP) is 4.59. The minimum absolute atomic E-state index is 0.00478. The fraction of sp³-hybridized carbons (Fsp3) is 0.250. The van der Waals surface area contributed by atoms with Gasteiger partial charge in [0.2, 0.25) is 0 Å². The zero-order valence-electron chi connectivity index (χ0n) is 14.0. The molecule has 0 saturated carbocycles. The average Bonchev–Trinajstić information content (AvgIpc) is 3.03. The molecule has 0 amide bonds. The van der Waals surface area contributed by atoms with E-state index in [0.29, 0.717) is 0 Å². The molecule has 24 heavy (non-hydrogen) atoms. The molecule has 2 aromatic carbocycles. The molecule has 1 N–H and O–H groups in total. The van der Waals surface area contributed by atoms with Crippen molar-refractivity contribution >= 4 is 11.8 Å². The number of benzene rings is 2. The van der Waals surface area contributed by atoms with Crippen LogP contribution in [0.3, 0.4) is 0 Å². The minimum Gasteiger partial charge on any atom is -0.390 e. The lowest BCUT2D eigenvalue weighted by Crippen LogP contribution is -2.11. The van der Waals surface area contributed by atoms with Gasteiger partial charge in [-0.3, -0.25) is 0 Å². The number of aryl methyl sites for hydroxylation is 1. The summed E-state index contributed by atoms with van der Waals surface area (Å²) in [6, 6.07) is 19.0. The van der Waals surface area contributed by atoms with Crippen molar-refractivity contribution in [1.29, 1.82) is 0 Å². The Balaban J connectivity index is 1.85. The van der Waals surface area contributed by atoms with E-state index in [-0.39, 0.29) is 12.6 Å². The standard InChI is InChI=1S/C20H22N2OS/c1-15-7-6-8-17(11-15)14-24-20-21-12-19(13-23)22(20)16(2)18-9-4-3-5-10-18/h3-12,16,23H,13-14H2,1-2H3/t16-/m0/s1. The Hall–Kier alpha value is -2.04. The molecule has 3 nitrogen and oxygen atoms in total. The summed E-state index contributed by atoms with van der Waals surface area (Å²) < 4.78 is 2.13. The first-order valence-electron chi connectivity index (χ1n) is 8.09. The minimum atomic E-state index is -0.00478. The third-order valence-corrected chi connectivity index (χ3v) is 5.16. The Bertz CT molecular complexity index is 798. The van der Waals surface area contributed by atoms with Gasteiger partial charge in [0, 0.05) is 5.75 Å². The fourth-order valence-electron chi connectivity index (χ4n) is 2.85. The molecule has 0 fully saturated rings. The Labute approximate surface area is 147 Å². The summed E-state index contributed by atoms with van der Waals surface area (Å²) in [5, 5.41) is 10.6. The summed E-state index contributed by atoms with van der Waals surface area (Å²) in [4.78, 5) is 4.54. The molecule has 0 bridgehead atoms. The van der Waals surface area contributed by atoms with Gasteiger partial charge in [-0.05, 0) is 25.0 Å². The van der Waals surface area contributed by atoms with Gasteiger partial charge >= 0.3 is 0 Å². The van der Waals surface area contributed by atoms with Gasteiger partial charge in [0.15, 0.2) is 5.16 Å². The van der Waals surface area contributed by atoms with Crippen molar-refractivity contribution in [3.8, 4) is 0 Å². The lowest BCUT2D eigenvalue weighted by molar-refractivity contribution is 0.267. The van der Waals surface area contributed by atoms with Crippen LogP contribution >= 0.6 is 11.8 Å². The molecule has 3 aromatic rings. The van der Waals surface area contributed by atoms with Crippen LogP contribution in [0.15, 0.2) is 66.0 Å². The van der Waals surface area contributed by atoms with Crippen molar-refractivity contribution < 1.29 is 5.11 Å². The largest absolute Gasteiger partial charge is 0.390 e. The van der Waals surface area contributed by atoms with E-state index in [9.17, 15) is 5.11 Å². The molecule has 0 aliphatic heterocycles.